The van der Waals surface area contributed by atoms with Gasteiger partial charge in [-0.15, -0.1) is 0 Å². The van der Waals surface area contributed by atoms with Crippen LogP contribution in [0.5, 0.6) is 0 Å². The molecule has 1 aliphatic carbocycles. The summed E-state index contributed by atoms with van der Waals surface area (Å²) in [6, 6.07) is 15.0. The highest BCUT2D eigenvalue weighted by atomic mass is 19.4. The van der Waals surface area contributed by atoms with E-state index in [2.05, 4.69) is 0 Å². The average Bonchev–Trinajstić information content (AvgIpc) is 2.98. The zero-order chi connectivity index (χ0) is 22.1. The maximum atomic E-state index is 13.6. The van der Waals surface area contributed by atoms with Gasteiger partial charge >= 0.3 is 18.2 Å². The highest BCUT2D eigenvalue weighted by Crippen LogP contribution is 2.44. The van der Waals surface area contributed by atoms with E-state index in [1.165, 1.54) is 13.8 Å². The molecule has 1 amide bonds. The number of fused-ring (bicyclic) bond motifs is 3. The number of carboxylic acids is 1. The molecule has 8 heteroatoms. The third-order valence-corrected chi connectivity index (χ3v) is 5.22. The molecule has 0 spiro atoms. The van der Waals surface area contributed by atoms with E-state index in [1.54, 1.807) is 5.32 Å². The number of carbonyl (C=O) groups is 2. The number of rotatable bonds is 6. The number of amides is 1. The number of ether oxygens (including phenoxy) is 1. The van der Waals surface area contributed by atoms with Gasteiger partial charge in [0.2, 0.25) is 5.54 Å². The lowest BCUT2D eigenvalue weighted by molar-refractivity contribution is -0.211. The molecule has 0 bridgehead atoms. The number of alkyl halides is 3. The number of aliphatic carboxylic acids is 1. The molecule has 0 aliphatic heterocycles. The largest absolute Gasteiger partial charge is 0.479 e. The quantitative estimate of drug-likeness (QED) is 0.692. The summed E-state index contributed by atoms with van der Waals surface area (Å²) in [5, 5.41) is 10.9. The number of benzene rings is 2. The van der Waals surface area contributed by atoms with Gasteiger partial charge < -0.3 is 9.84 Å². The van der Waals surface area contributed by atoms with Gasteiger partial charge in [0.15, 0.2) is 0 Å². The van der Waals surface area contributed by atoms with Crippen molar-refractivity contribution in [3.8, 4) is 11.1 Å². The Morgan fingerprint density at radius 1 is 1.03 bits per heavy atom. The minimum absolute atomic E-state index is 0.213. The Morgan fingerprint density at radius 2 is 1.53 bits per heavy atom. The van der Waals surface area contributed by atoms with Gasteiger partial charge in [-0.2, -0.15) is 13.2 Å². The Bertz CT molecular complexity index is 912. The van der Waals surface area contributed by atoms with Crippen molar-refractivity contribution in [2.75, 3.05) is 6.61 Å². The molecular formula is C22H22F3NO4. The third-order valence-electron chi connectivity index (χ3n) is 5.22. The molecule has 2 aromatic rings. The number of halogens is 3. The first kappa shape index (κ1) is 21.7. The van der Waals surface area contributed by atoms with Crippen molar-refractivity contribution in [2.45, 2.75) is 37.9 Å². The van der Waals surface area contributed by atoms with Crippen molar-refractivity contribution in [2.24, 2.45) is 5.92 Å². The molecule has 1 atom stereocenters. The molecule has 0 saturated heterocycles. The molecular weight excluding hydrogens is 399 g/mol. The van der Waals surface area contributed by atoms with Crippen LogP contribution in [0, 0.1) is 5.92 Å². The van der Waals surface area contributed by atoms with Crippen molar-refractivity contribution < 1.29 is 32.6 Å². The fourth-order valence-corrected chi connectivity index (χ4v) is 3.92. The van der Waals surface area contributed by atoms with E-state index in [4.69, 9.17) is 4.74 Å². The van der Waals surface area contributed by atoms with Crippen molar-refractivity contribution >= 4 is 12.1 Å². The van der Waals surface area contributed by atoms with Crippen LogP contribution in [-0.4, -0.2) is 35.5 Å². The van der Waals surface area contributed by atoms with E-state index in [9.17, 15) is 27.9 Å². The number of alkyl carbamates (subject to hydrolysis) is 1. The van der Waals surface area contributed by atoms with Crippen molar-refractivity contribution in [3.05, 3.63) is 59.7 Å². The molecule has 0 radical (unpaired) electrons. The first-order valence-electron chi connectivity index (χ1n) is 9.50. The summed E-state index contributed by atoms with van der Waals surface area (Å²) < 4.78 is 46.0. The molecule has 0 unspecified atom stereocenters. The Morgan fingerprint density at radius 3 is 1.97 bits per heavy atom. The molecule has 160 valence electrons. The zero-order valence-corrected chi connectivity index (χ0v) is 16.5. The number of carboxylic acid groups (broad SMARTS) is 1. The van der Waals surface area contributed by atoms with Crippen LogP contribution in [-0.2, 0) is 9.53 Å². The molecule has 0 saturated carbocycles. The van der Waals surface area contributed by atoms with Crippen LogP contribution in [0.25, 0.3) is 11.1 Å². The maximum Gasteiger partial charge on any atom is 0.422 e. The fourth-order valence-electron chi connectivity index (χ4n) is 3.92. The maximum absolute atomic E-state index is 13.6. The van der Waals surface area contributed by atoms with Crippen LogP contribution in [0.1, 0.15) is 37.3 Å². The summed E-state index contributed by atoms with van der Waals surface area (Å²) in [6.45, 7) is 2.68. The van der Waals surface area contributed by atoms with Crippen LogP contribution in [0.2, 0.25) is 0 Å². The van der Waals surface area contributed by atoms with Gasteiger partial charge in [0.1, 0.15) is 6.61 Å². The van der Waals surface area contributed by atoms with Crippen LogP contribution in [0.4, 0.5) is 18.0 Å². The van der Waals surface area contributed by atoms with Gasteiger partial charge in [0, 0.05) is 5.92 Å². The van der Waals surface area contributed by atoms with Gasteiger partial charge in [0.05, 0.1) is 0 Å². The SMILES string of the molecule is CC(C)C[C@](NC(=O)OCC1c2ccccc2-c2ccccc21)(C(=O)O)C(F)(F)F. The van der Waals surface area contributed by atoms with Crippen LogP contribution in [0.3, 0.4) is 0 Å². The Hall–Kier alpha value is -3.03. The smallest absolute Gasteiger partial charge is 0.422 e. The van der Waals surface area contributed by atoms with E-state index in [0.29, 0.717) is 0 Å². The average molecular weight is 421 g/mol. The molecule has 0 fully saturated rings. The predicted molar refractivity (Wildman–Crippen MR) is 104 cm³/mol. The summed E-state index contributed by atoms with van der Waals surface area (Å²) >= 11 is 0. The van der Waals surface area contributed by atoms with E-state index in [1.807, 2.05) is 48.5 Å². The standard InChI is InChI=1S/C22H22F3NO4/c1-13(2)11-21(19(27)28,22(23,24)25)26-20(29)30-12-18-16-9-5-3-7-14(16)15-8-4-6-10-17(15)18/h3-10,13,18H,11-12H2,1-2H3,(H,26,29)(H,27,28)/t21-/m0/s1. The van der Waals surface area contributed by atoms with Crippen molar-refractivity contribution in [3.63, 3.8) is 0 Å². The molecule has 2 aromatic carbocycles. The Kier molecular flexibility index (Phi) is 5.78. The summed E-state index contributed by atoms with van der Waals surface area (Å²) in [6.07, 6.45) is -7.41. The van der Waals surface area contributed by atoms with Crippen LogP contribution >= 0.6 is 0 Å². The minimum atomic E-state index is -5.19. The predicted octanol–water partition coefficient (Wildman–Crippen LogP) is 4.96. The van der Waals surface area contributed by atoms with E-state index in [-0.39, 0.29) is 12.5 Å². The molecule has 5 nitrogen and oxygen atoms in total. The lowest BCUT2D eigenvalue weighted by atomic mass is 9.88. The summed E-state index contributed by atoms with van der Waals surface area (Å²) in [7, 11) is 0. The molecule has 2 N–H and O–H groups in total. The van der Waals surface area contributed by atoms with Crippen molar-refractivity contribution in [1.82, 2.24) is 5.32 Å². The lowest BCUT2D eigenvalue weighted by Crippen LogP contribution is -2.64. The molecule has 0 heterocycles. The molecule has 0 aromatic heterocycles. The van der Waals surface area contributed by atoms with Gasteiger partial charge in [-0.3, -0.25) is 5.32 Å². The Balaban J connectivity index is 1.81. The van der Waals surface area contributed by atoms with Gasteiger partial charge in [-0.05, 0) is 34.6 Å². The Labute approximate surface area is 171 Å². The topological polar surface area (TPSA) is 75.6 Å². The first-order valence-corrected chi connectivity index (χ1v) is 9.50. The molecule has 3 rings (SSSR count). The second-order valence-electron chi connectivity index (χ2n) is 7.76. The molecule has 30 heavy (non-hydrogen) atoms. The highest BCUT2D eigenvalue weighted by molar-refractivity contribution is 5.85. The summed E-state index contributed by atoms with van der Waals surface area (Å²) in [4.78, 5) is 23.8. The highest BCUT2D eigenvalue weighted by Gasteiger charge is 2.62. The minimum Gasteiger partial charge on any atom is -0.479 e. The van der Waals surface area contributed by atoms with E-state index >= 15 is 0 Å². The van der Waals surface area contributed by atoms with Crippen LogP contribution in [0.15, 0.2) is 48.5 Å². The molecule has 1 aliphatic rings. The van der Waals surface area contributed by atoms with Gasteiger partial charge in [-0.1, -0.05) is 62.4 Å². The number of nitrogens with one attached hydrogen (secondary N) is 1. The third kappa shape index (κ3) is 3.86. The summed E-state index contributed by atoms with van der Waals surface area (Å²) in [5.41, 5.74) is 0.321. The number of carbonyl (C=O) groups excluding carboxylic acids is 1. The van der Waals surface area contributed by atoms with Crippen LogP contribution < -0.4 is 5.32 Å². The number of hydrogen-bond donors (Lipinski definition) is 2. The fraction of sp³-hybridized carbons (Fsp3) is 0.364. The second kappa shape index (κ2) is 8.01. The first-order chi connectivity index (χ1) is 14.1. The normalized spacial score (nSPS) is 15.3. The monoisotopic (exact) mass is 421 g/mol. The van der Waals surface area contributed by atoms with E-state index in [0.717, 1.165) is 22.3 Å². The second-order valence-corrected chi connectivity index (χ2v) is 7.76. The number of hydrogen-bond acceptors (Lipinski definition) is 3. The lowest BCUT2D eigenvalue weighted by Gasteiger charge is -2.33. The summed E-state index contributed by atoms with van der Waals surface area (Å²) in [5.74, 6) is -3.15. The van der Waals surface area contributed by atoms with E-state index < -0.39 is 36.1 Å². The van der Waals surface area contributed by atoms with Gasteiger partial charge in [-0.25, -0.2) is 9.59 Å². The van der Waals surface area contributed by atoms with Gasteiger partial charge in [0.25, 0.3) is 0 Å². The van der Waals surface area contributed by atoms with Crippen molar-refractivity contribution in [1.29, 1.82) is 0 Å². The zero-order valence-electron chi connectivity index (χ0n) is 16.5.